The smallest absolute Gasteiger partial charge is 0.349 e. The van der Waals surface area contributed by atoms with Gasteiger partial charge in [0.25, 0.3) is 11.8 Å². The fraction of sp³-hybridized carbons (Fsp3) is 0.647. The van der Waals surface area contributed by atoms with Crippen LogP contribution in [0.5, 0.6) is 0 Å². The SMILES string of the molecule is Cc1cc(C2CCCNC2)oc(=O)c1C(=O)N1CCC(F)(F)CC1.Cl. The first-order valence-corrected chi connectivity index (χ1v) is 8.40. The summed E-state index contributed by atoms with van der Waals surface area (Å²) in [4.78, 5) is 26.2. The molecule has 1 amide bonds. The molecule has 140 valence electrons. The number of carbonyl (C=O) groups is 1. The van der Waals surface area contributed by atoms with Crippen LogP contribution in [0.25, 0.3) is 0 Å². The molecule has 0 aliphatic carbocycles. The fourth-order valence-corrected chi connectivity index (χ4v) is 3.38. The molecular formula is C17H23ClF2N2O3. The van der Waals surface area contributed by atoms with Crippen molar-refractivity contribution in [1.82, 2.24) is 10.2 Å². The number of likely N-dealkylation sites (tertiary alicyclic amines) is 1. The highest BCUT2D eigenvalue weighted by molar-refractivity contribution is 5.95. The number of alkyl halides is 2. The van der Waals surface area contributed by atoms with Crippen molar-refractivity contribution in [2.24, 2.45) is 0 Å². The number of hydrogen-bond donors (Lipinski definition) is 1. The summed E-state index contributed by atoms with van der Waals surface area (Å²) in [6.45, 7) is 3.31. The Labute approximate surface area is 151 Å². The summed E-state index contributed by atoms with van der Waals surface area (Å²) in [6.07, 6.45) is 1.21. The minimum atomic E-state index is -2.73. The summed E-state index contributed by atoms with van der Waals surface area (Å²) in [7, 11) is 0. The van der Waals surface area contributed by atoms with E-state index >= 15 is 0 Å². The van der Waals surface area contributed by atoms with Gasteiger partial charge in [-0.3, -0.25) is 4.79 Å². The van der Waals surface area contributed by atoms with Gasteiger partial charge in [0.1, 0.15) is 11.3 Å². The molecule has 1 atom stereocenters. The van der Waals surface area contributed by atoms with Gasteiger partial charge in [0.05, 0.1) is 0 Å². The van der Waals surface area contributed by atoms with Crippen LogP contribution >= 0.6 is 12.4 Å². The highest BCUT2D eigenvalue weighted by Gasteiger charge is 2.37. The maximum Gasteiger partial charge on any atom is 0.349 e. The van der Waals surface area contributed by atoms with Crippen LogP contribution < -0.4 is 10.9 Å². The van der Waals surface area contributed by atoms with Crippen LogP contribution in [0, 0.1) is 6.92 Å². The van der Waals surface area contributed by atoms with Crippen molar-refractivity contribution in [2.45, 2.75) is 44.4 Å². The van der Waals surface area contributed by atoms with Gasteiger partial charge in [-0.05, 0) is 37.9 Å². The average molecular weight is 377 g/mol. The van der Waals surface area contributed by atoms with Crippen molar-refractivity contribution in [2.75, 3.05) is 26.2 Å². The van der Waals surface area contributed by atoms with Gasteiger partial charge in [-0.1, -0.05) is 0 Å². The molecule has 0 bridgehead atoms. The van der Waals surface area contributed by atoms with Gasteiger partial charge in [0.15, 0.2) is 0 Å². The third-order valence-electron chi connectivity index (χ3n) is 4.86. The van der Waals surface area contributed by atoms with Crippen molar-refractivity contribution in [3.8, 4) is 0 Å². The lowest BCUT2D eigenvalue weighted by Gasteiger charge is -2.31. The number of nitrogens with one attached hydrogen (secondary N) is 1. The fourth-order valence-electron chi connectivity index (χ4n) is 3.38. The van der Waals surface area contributed by atoms with Crippen LogP contribution in [-0.2, 0) is 0 Å². The van der Waals surface area contributed by atoms with Gasteiger partial charge in [-0.2, -0.15) is 0 Å². The summed E-state index contributed by atoms with van der Waals surface area (Å²) in [5.41, 5.74) is -0.153. The molecule has 5 nitrogen and oxygen atoms in total. The number of nitrogens with zero attached hydrogens (tertiary/aromatic N) is 1. The highest BCUT2D eigenvalue weighted by atomic mass is 35.5. The molecule has 0 radical (unpaired) electrons. The first-order chi connectivity index (χ1) is 11.4. The number of piperidine rings is 2. The Bertz CT molecular complexity index is 677. The van der Waals surface area contributed by atoms with E-state index in [1.807, 2.05) is 0 Å². The Balaban J connectivity index is 0.00000225. The summed E-state index contributed by atoms with van der Waals surface area (Å²) >= 11 is 0. The molecule has 8 heteroatoms. The maximum absolute atomic E-state index is 13.2. The van der Waals surface area contributed by atoms with Crippen molar-refractivity contribution >= 4 is 18.3 Å². The predicted molar refractivity (Wildman–Crippen MR) is 91.9 cm³/mol. The number of amides is 1. The molecular weight excluding hydrogens is 354 g/mol. The number of hydrogen-bond acceptors (Lipinski definition) is 4. The number of rotatable bonds is 2. The molecule has 25 heavy (non-hydrogen) atoms. The van der Waals surface area contributed by atoms with Crippen molar-refractivity contribution in [3.63, 3.8) is 0 Å². The van der Waals surface area contributed by atoms with Crippen LogP contribution in [-0.4, -0.2) is 42.9 Å². The maximum atomic E-state index is 13.2. The van der Waals surface area contributed by atoms with Gasteiger partial charge < -0.3 is 14.6 Å². The molecule has 2 aliphatic heterocycles. The Hall–Kier alpha value is -1.47. The monoisotopic (exact) mass is 376 g/mol. The van der Waals surface area contributed by atoms with E-state index in [9.17, 15) is 18.4 Å². The molecule has 1 unspecified atom stereocenters. The third-order valence-corrected chi connectivity index (χ3v) is 4.86. The van der Waals surface area contributed by atoms with Gasteiger partial charge >= 0.3 is 5.63 Å². The van der Waals surface area contributed by atoms with Gasteiger partial charge in [0, 0.05) is 38.4 Å². The molecule has 1 aromatic rings. The van der Waals surface area contributed by atoms with E-state index in [1.54, 1.807) is 13.0 Å². The Kier molecular flexibility index (Phi) is 6.21. The van der Waals surface area contributed by atoms with Gasteiger partial charge in [0.2, 0.25) is 0 Å². The molecule has 2 fully saturated rings. The number of carbonyl (C=O) groups excluding carboxylic acids is 1. The molecule has 2 aliphatic rings. The zero-order valence-electron chi connectivity index (χ0n) is 14.1. The second-order valence-electron chi connectivity index (χ2n) is 6.69. The van der Waals surface area contributed by atoms with Gasteiger partial charge in [-0.15, -0.1) is 12.4 Å². The molecule has 0 aromatic carbocycles. The van der Waals surface area contributed by atoms with Crippen LogP contribution in [0.3, 0.4) is 0 Å². The Morgan fingerprint density at radius 2 is 2.04 bits per heavy atom. The van der Waals surface area contributed by atoms with Crippen LogP contribution in [0.2, 0.25) is 0 Å². The molecule has 1 N–H and O–H groups in total. The van der Waals surface area contributed by atoms with E-state index in [0.717, 1.165) is 25.9 Å². The second kappa shape index (κ2) is 7.83. The summed E-state index contributed by atoms with van der Waals surface area (Å²) in [5, 5.41) is 3.26. The van der Waals surface area contributed by atoms with E-state index in [0.29, 0.717) is 11.3 Å². The first kappa shape index (κ1) is 19.8. The van der Waals surface area contributed by atoms with Crippen molar-refractivity contribution < 1.29 is 18.0 Å². The summed E-state index contributed by atoms with van der Waals surface area (Å²) in [6, 6.07) is 1.74. The topological polar surface area (TPSA) is 62.6 Å². The van der Waals surface area contributed by atoms with Crippen molar-refractivity contribution in [3.05, 3.63) is 33.4 Å². The second-order valence-corrected chi connectivity index (χ2v) is 6.69. The van der Waals surface area contributed by atoms with Crippen LogP contribution in [0.15, 0.2) is 15.3 Å². The first-order valence-electron chi connectivity index (χ1n) is 8.40. The van der Waals surface area contributed by atoms with E-state index in [4.69, 9.17) is 4.42 Å². The standard InChI is InChI=1S/C17H22F2N2O3.ClH/c1-11-9-13(12-3-2-6-20-10-12)24-16(23)14(11)15(22)21-7-4-17(18,19)5-8-21;/h9,12,20H,2-8,10H2,1H3;1H. The Morgan fingerprint density at radius 1 is 1.36 bits per heavy atom. The van der Waals surface area contributed by atoms with Gasteiger partial charge in [-0.25, -0.2) is 13.6 Å². The van der Waals surface area contributed by atoms with Crippen LogP contribution in [0.1, 0.15) is 53.3 Å². The molecule has 3 rings (SSSR count). The zero-order valence-corrected chi connectivity index (χ0v) is 15.0. The van der Waals surface area contributed by atoms with Crippen molar-refractivity contribution in [1.29, 1.82) is 0 Å². The quantitative estimate of drug-likeness (QED) is 0.862. The molecule has 0 spiro atoms. The lowest BCUT2D eigenvalue weighted by Crippen LogP contribution is -2.44. The third kappa shape index (κ3) is 4.39. The molecule has 1 aromatic heterocycles. The zero-order chi connectivity index (χ0) is 17.3. The minimum absolute atomic E-state index is 0. The van der Waals surface area contributed by atoms with E-state index < -0.39 is 17.5 Å². The number of aryl methyl sites for hydroxylation is 1. The molecule has 2 saturated heterocycles. The van der Waals surface area contributed by atoms with E-state index in [2.05, 4.69) is 5.32 Å². The molecule has 0 saturated carbocycles. The lowest BCUT2D eigenvalue weighted by molar-refractivity contribution is -0.0494. The minimum Gasteiger partial charge on any atom is -0.427 e. The number of halogens is 3. The summed E-state index contributed by atoms with van der Waals surface area (Å²) in [5.74, 6) is -2.52. The Morgan fingerprint density at radius 3 is 2.60 bits per heavy atom. The van der Waals surface area contributed by atoms with E-state index in [-0.39, 0.29) is 49.8 Å². The predicted octanol–water partition coefficient (Wildman–Crippen LogP) is 2.71. The lowest BCUT2D eigenvalue weighted by atomic mass is 9.95. The highest BCUT2D eigenvalue weighted by Crippen LogP contribution is 2.29. The van der Waals surface area contributed by atoms with Crippen LogP contribution in [0.4, 0.5) is 8.78 Å². The largest absolute Gasteiger partial charge is 0.427 e. The summed E-state index contributed by atoms with van der Waals surface area (Å²) < 4.78 is 31.9. The van der Waals surface area contributed by atoms with E-state index in [1.165, 1.54) is 4.90 Å². The average Bonchev–Trinajstić information content (AvgIpc) is 2.54. The normalized spacial score (nSPS) is 23.0. The molecule has 3 heterocycles.